The van der Waals surface area contributed by atoms with Gasteiger partial charge in [0.15, 0.2) is 0 Å². The molecule has 1 amide bonds. The highest BCUT2D eigenvalue weighted by molar-refractivity contribution is 6.30. The Bertz CT molecular complexity index is 807. The molecule has 2 fully saturated rings. The van der Waals surface area contributed by atoms with Gasteiger partial charge >= 0.3 is 0 Å². The van der Waals surface area contributed by atoms with E-state index < -0.39 is 0 Å². The number of benzene rings is 1. The van der Waals surface area contributed by atoms with Crippen LogP contribution < -0.4 is 0 Å². The van der Waals surface area contributed by atoms with Crippen LogP contribution >= 0.6 is 11.6 Å². The topological polar surface area (TPSA) is 36.4 Å². The van der Waals surface area contributed by atoms with Crippen molar-refractivity contribution in [2.45, 2.75) is 26.4 Å². The molecule has 3 heterocycles. The summed E-state index contributed by atoms with van der Waals surface area (Å²) in [5, 5.41) is 0.670. The van der Waals surface area contributed by atoms with Crippen molar-refractivity contribution >= 4 is 17.5 Å². The van der Waals surface area contributed by atoms with E-state index in [4.69, 9.17) is 11.6 Å². The second-order valence-corrected chi connectivity index (χ2v) is 8.00. The second-order valence-electron chi connectivity index (χ2n) is 7.56. The number of carbonyl (C=O) groups excluding carboxylic acids is 1. The SMILES string of the molecule is CC(=O)N1C[C@H]2CN(Cc3ccc(Cl)cn3)C[C@H]2[C@H]1c1ccccc1C. The lowest BCUT2D eigenvalue weighted by Gasteiger charge is -2.30. The summed E-state index contributed by atoms with van der Waals surface area (Å²) in [6.07, 6.45) is 1.71. The van der Waals surface area contributed by atoms with E-state index in [0.29, 0.717) is 16.9 Å². The Morgan fingerprint density at radius 2 is 2.00 bits per heavy atom. The highest BCUT2D eigenvalue weighted by Crippen LogP contribution is 2.45. The van der Waals surface area contributed by atoms with Crippen molar-refractivity contribution in [3.05, 3.63) is 64.4 Å². The number of aryl methyl sites for hydroxylation is 1. The summed E-state index contributed by atoms with van der Waals surface area (Å²) in [7, 11) is 0. The molecule has 3 atom stereocenters. The largest absolute Gasteiger partial charge is 0.335 e. The predicted molar refractivity (Wildman–Crippen MR) is 103 cm³/mol. The molecule has 2 saturated heterocycles. The van der Waals surface area contributed by atoms with Gasteiger partial charge in [-0.05, 0) is 36.1 Å². The zero-order valence-corrected chi connectivity index (χ0v) is 16.0. The van der Waals surface area contributed by atoms with Gasteiger partial charge < -0.3 is 4.90 Å². The molecular formula is C21H24ClN3O. The van der Waals surface area contributed by atoms with Gasteiger partial charge in [0, 0.05) is 45.2 Å². The lowest BCUT2D eigenvalue weighted by molar-refractivity contribution is -0.130. The van der Waals surface area contributed by atoms with Crippen molar-refractivity contribution in [2.75, 3.05) is 19.6 Å². The van der Waals surface area contributed by atoms with E-state index >= 15 is 0 Å². The molecule has 2 aliphatic heterocycles. The van der Waals surface area contributed by atoms with Crippen LogP contribution in [0.5, 0.6) is 0 Å². The fourth-order valence-corrected chi connectivity index (χ4v) is 4.75. The molecule has 0 saturated carbocycles. The van der Waals surface area contributed by atoms with Crippen LogP contribution in [0.1, 0.15) is 29.8 Å². The average molecular weight is 370 g/mol. The molecule has 1 aromatic carbocycles. The quantitative estimate of drug-likeness (QED) is 0.827. The van der Waals surface area contributed by atoms with Gasteiger partial charge in [-0.15, -0.1) is 0 Å². The van der Waals surface area contributed by atoms with Crippen LogP contribution in [-0.2, 0) is 11.3 Å². The lowest BCUT2D eigenvalue weighted by Crippen LogP contribution is -2.34. The molecule has 26 heavy (non-hydrogen) atoms. The first-order valence-corrected chi connectivity index (χ1v) is 9.56. The van der Waals surface area contributed by atoms with Crippen molar-refractivity contribution in [3.8, 4) is 0 Å². The van der Waals surface area contributed by atoms with E-state index in [1.807, 2.05) is 12.1 Å². The highest BCUT2D eigenvalue weighted by Gasteiger charge is 2.48. The maximum Gasteiger partial charge on any atom is 0.219 e. The number of carbonyl (C=O) groups is 1. The Balaban J connectivity index is 1.55. The number of hydrogen-bond acceptors (Lipinski definition) is 3. The number of aromatic nitrogens is 1. The molecule has 0 spiro atoms. The van der Waals surface area contributed by atoms with Gasteiger partial charge in [0.1, 0.15) is 0 Å². The van der Waals surface area contributed by atoms with Crippen molar-refractivity contribution in [3.63, 3.8) is 0 Å². The standard InChI is InChI=1S/C21H24ClN3O/c1-14-5-3-4-6-19(14)21-20-13-24(10-16(20)11-25(21)15(2)26)12-18-8-7-17(22)9-23-18/h3-9,16,20-21H,10-13H2,1-2H3/t16-,20-,21-/m1/s1. The number of likely N-dealkylation sites (tertiary alicyclic amines) is 2. The summed E-state index contributed by atoms with van der Waals surface area (Å²) in [6.45, 7) is 7.54. The third-order valence-corrected chi connectivity index (χ3v) is 6.05. The molecule has 5 heteroatoms. The van der Waals surface area contributed by atoms with Crippen LogP contribution in [0.15, 0.2) is 42.6 Å². The highest BCUT2D eigenvalue weighted by atomic mass is 35.5. The van der Waals surface area contributed by atoms with Crippen molar-refractivity contribution in [2.24, 2.45) is 11.8 Å². The second kappa shape index (κ2) is 7.01. The van der Waals surface area contributed by atoms with Gasteiger partial charge in [0.25, 0.3) is 0 Å². The first-order chi connectivity index (χ1) is 12.5. The Morgan fingerprint density at radius 1 is 1.19 bits per heavy atom. The van der Waals surface area contributed by atoms with E-state index in [1.165, 1.54) is 11.1 Å². The van der Waals surface area contributed by atoms with Gasteiger partial charge in [-0.3, -0.25) is 14.7 Å². The third-order valence-electron chi connectivity index (χ3n) is 5.83. The Kier molecular flexibility index (Phi) is 4.72. The minimum atomic E-state index is 0.179. The van der Waals surface area contributed by atoms with Crippen LogP contribution in [0.2, 0.25) is 5.02 Å². The van der Waals surface area contributed by atoms with Crippen LogP contribution in [0.4, 0.5) is 0 Å². The fourth-order valence-electron chi connectivity index (χ4n) is 4.64. The van der Waals surface area contributed by atoms with E-state index in [9.17, 15) is 4.79 Å². The Labute approximate surface area is 159 Å². The van der Waals surface area contributed by atoms with Crippen molar-refractivity contribution in [1.29, 1.82) is 0 Å². The first-order valence-electron chi connectivity index (χ1n) is 9.18. The molecule has 0 radical (unpaired) electrons. The summed E-state index contributed by atoms with van der Waals surface area (Å²) in [5.41, 5.74) is 3.61. The van der Waals surface area contributed by atoms with Gasteiger partial charge in [0.2, 0.25) is 5.91 Å². The van der Waals surface area contributed by atoms with Gasteiger partial charge in [-0.2, -0.15) is 0 Å². The van der Waals surface area contributed by atoms with E-state index in [0.717, 1.165) is 31.9 Å². The van der Waals surface area contributed by atoms with Crippen LogP contribution in [0.3, 0.4) is 0 Å². The zero-order valence-electron chi connectivity index (χ0n) is 15.2. The smallest absolute Gasteiger partial charge is 0.219 e. The van der Waals surface area contributed by atoms with E-state index in [1.54, 1.807) is 13.1 Å². The minimum absolute atomic E-state index is 0.179. The molecule has 2 aromatic rings. The maximum absolute atomic E-state index is 12.3. The minimum Gasteiger partial charge on any atom is -0.335 e. The Hall–Kier alpha value is -1.91. The molecule has 136 valence electrons. The summed E-state index contributed by atoms with van der Waals surface area (Å²) in [6, 6.07) is 12.6. The van der Waals surface area contributed by atoms with Gasteiger partial charge in [0.05, 0.1) is 16.8 Å². The Morgan fingerprint density at radius 3 is 2.69 bits per heavy atom. The summed E-state index contributed by atoms with van der Waals surface area (Å²) >= 11 is 5.94. The molecular weight excluding hydrogens is 346 g/mol. The maximum atomic E-state index is 12.3. The third kappa shape index (κ3) is 3.24. The number of amides is 1. The molecule has 2 aliphatic rings. The van der Waals surface area contributed by atoms with Gasteiger partial charge in [-0.1, -0.05) is 35.9 Å². The fraction of sp³-hybridized carbons (Fsp3) is 0.429. The number of fused-ring (bicyclic) bond motifs is 1. The number of pyridine rings is 1. The zero-order chi connectivity index (χ0) is 18.3. The number of rotatable bonds is 3. The summed E-state index contributed by atoms with van der Waals surface area (Å²) < 4.78 is 0. The molecule has 0 unspecified atom stereocenters. The number of halogens is 1. The predicted octanol–water partition coefficient (Wildman–Crippen LogP) is 3.69. The van der Waals surface area contributed by atoms with Crippen LogP contribution in [0.25, 0.3) is 0 Å². The van der Waals surface area contributed by atoms with E-state index in [2.05, 4.69) is 46.0 Å². The van der Waals surface area contributed by atoms with Crippen LogP contribution in [-0.4, -0.2) is 40.3 Å². The summed E-state index contributed by atoms with van der Waals surface area (Å²) in [5.74, 6) is 1.18. The molecule has 4 rings (SSSR count). The van der Waals surface area contributed by atoms with Gasteiger partial charge in [-0.25, -0.2) is 0 Å². The average Bonchev–Trinajstić information content (AvgIpc) is 3.15. The number of hydrogen-bond donors (Lipinski definition) is 0. The van der Waals surface area contributed by atoms with Crippen molar-refractivity contribution in [1.82, 2.24) is 14.8 Å². The van der Waals surface area contributed by atoms with Crippen LogP contribution in [0, 0.1) is 18.8 Å². The molecule has 0 bridgehead atoms. The van der Waals surface area contributed by atoms with Crippen molar-refractivity contribution < 1.29 is 4.79 Å². The lowest BCUT2D eigenvalue weighted by atomic mass is 9.87. The normalized spacial score (nSPS) is 25.5. The molecule has 0 N–H and O–H groups in total. The first kappa shape index (κ1) is 17.5. The monoisotopic (exact) mass is 369 g/mol. The summed E-state index contributed by atoms with van der Waals surface area (Å²) in [4.78, 5) is 21.2. The van der Waals surface area contributed by atoms with E-state index in [-0.39, 0.29) is 11.9 Å². The number of nitrogens with zero attached hydrogens (tertiary/aromatic N) is 3. The molecule has 1 aromatic heterocycles. The molecule has 4 nitrogen and oxygen atoms in total. The molecule has 0 aliphatic carbocycles.